The molecule has 5 rings (SSSR count). The summed E-state index contributed by atoms with van der Waals surface area (Å²) >= 11 is 0. The molecule has 0 spiro atoms. The largest absolute Gasteiger partial charge is 0.346 e. The fourth-order valence-electron chi connectivity index (χ4n) is 6.26. The number of ketones is 1. The van der Waals surface area contributed by atoms with E-state index < -0.39 is 53.3 Å². The molecule has 10 nitrogen and oxygen atoms in total. The van der Waals surface area contributed by atoms with Gasteiger partial charge in [0.2, 0.25) is 17.7 Å². The highest BCUT2D eigenvalue weighted by molar-refractivity contribution is 6.16. The van der Waals surface area contributed by atoms with Gasteiger partial charge in [-0.2, -0.15) is 5.26 Å². The second-order valence-electron chi connectivity index (χ2n) is 11.7. The normalized spacial score (nSPS) is 19.9. The molecule has 0 radical (unpaired) electrons. The molecule has 1 heterocycles. The van der Waals surface area contributed by atoms with Crippen molar-refractivity contribution in [2.24, 2.45) is 23.6 Å². The number of benzene rings is 3. The molecule has 4 N–H and O–H groups in total. The molecule has 0 bridgehead atoms. The molecule has 1 saturated heterocycles. The average molecular weight is 606 g/mol. The Balaban J connectivity index is 1.37. The average Bonchev–Trinajstić information content (AvgIpc) is 3.65. The first kappa shape index (κ1) is 31.3. The van der Waals surface area contributed by atoms with Crippen molar-refractivity contribution in [3.8, 4) is 6.07 Å². The molecule has 1 unspecified atom stereocenters. The van der Waals surface area contributed by atoms with Crippen molar-refractivity contribution in [2.75, 3.05) is 0 Å². The van der Waals surface area contributed by atoms with E-state index in [1.807, 2.05) is 42.5 Å². The van der Waals surface area contributed by atoms with Gasteiger partial charge in [-0.1, -0.05) is 68.3 Å². The minimum Gasteiger partial charge on any atom is -0.346 e. The lowest BCUT2D eigenvalue weighted by atomic mass is 9.83. The SMILES string of the molecule is C[C@@H]1C(=O)N(N)C(=O)[C@H]1C(=O)[C@@H](NC(=O)CC(NC(=O)C=Cc1ccc(C#N)cc1)c1ccc2ccccc2c1)C1CCCC1. The number of rotatable bonds is 10. The summed E-state index contributed by atoms with van der Waals surface area (Å²) in [6.45, 7) is 1.50. The Morgan fingerprint density at radius 2 is 1.67 bits per heavy atom. The van der Waals surface area contributed by atoms with Crippen LogP contribution in [0.25, 0.3) is 16.8 Å². The van der Waals surface area contributed by atoms with Crippen LogP contribution in [0.15, 0.2) is 72.8 Å². The highest BCUT2D eigenvalue weighted by atomic mass is 16.2. The van der Waals surface area contributed by atoms with Gasteiger partial charge < -0.3 is 10.6 Å². The molecular formula is C35H35N5O5. The van der Waals surface area contributed by atoms with Crippen LogP contribution in [0.5, 0.6) is 0 Å². The number of carbonyl (C=O) groups is 5. The highest BCUT2D eigenvalue weighted by Gasteiger charge is 2.51. The Morgan fingerprint density at radius 1 is 0.978 bits per heavy atom. The van der Waals surface area contributed by atoms with Gasteiger partial charge in [0.05, 0.1) is 36.1 Å². The number of nitrogens with one attached hydrogen (secondary N) is 2. The monoisotopic (exact) mass is 605 g/mol. The predicted octanol–water partition coefficient (Wildman–Crippen LogP) is 3.71. The van der Waals surface area contributed by atoms with E-state index in [4.69, 9.17) is 11.1 Å². The van der Waals surface area contributed by atoms with Crippen molar-refractivity contribution in [1.29, 1.82) is 5.26 Å². The van der Waals surface area contributed by atoms with Gasteiger partial charge in [0, 0.05) is 6.08 Å². The quantitative estimate of drug-likeness (QED) is 0.104. The van der Waals surface area contributed by atoms with Gasteiger partial charge in [0.15, 0.2) is 5.78 Å². The summed E-state index contributed by atoms with van der Waals surface area (Å²) < 4.78 is 0. The van der Waals surface area contributed by atoms with Crippen LogP contribution in [0.4, 0.5) is 0 Å². The van der Waals surface area contributed by atoms with E-state index >= 15 is 0 Å². The summed E-state index contributed by atoms with van der Waals surface area (Å²) in [6, 6.07) is 20.6. The summed E-state index contributed by atoms with van der Waals surface area (Å²) in [5.74, 6) is 0.493. The van der Waals surface area contributed by atoms with Crippen LogP contribution in [0.1, 0.15) is 61.8 Å². The van der Waals surface area contributed by atoms with Gasteiger partial charge in [-0.25, -0.2) is 10.9 Å². The molecule has 10 heteroatoms. The van der Waals surface area contributed by atoms with Crippen molar-refractivity contribution in [2.45, 2.75) is 51.1 Å². The third-order valence-electron chi connectivity index (χ3n) is 8.78. The number of nitriles is 1. The Hall–Kier alpha value is -5.14. The van der Waals surface area contributed by atoms with E-state index in [9.17, 15) is 24.0 Å². The summed E-state index contributed by atoms with van der Waals surface area (Å²) in [6.07, 6.45) is 6.00. The van der Waals surface area contributed by atoms with Gasteiger partial charge >= 0.3 is 0 Å². The van der Waals surface area contributed by atoms with Crippen LogP contribution in [0.2, 0.25) is 0 Å². The molecule has 45 heavy (non-hydrogen) atoms. The fraction of sp³-hybridized carbons (Fsp3) is 0.314. The summed E-state index contributed by atoms with van der Waals surface area (Å²) in [5.41, 5.74) is 1.94. The minimum atomic E-state index is -1.25. The van der Waals surface area contributed by atoms with Crippen LogP contribution < -0.4 is 16.5 Å². The van der Waals surface area contributed by atoms with Gasteiger partial charge in [-0.3, -0.25) is 24.0 Å². The third kappa shape index (κ3) is 7.00. The number of carbonyl (C=O) groups excluding carboxylic acids is 5. The number of hydrogen-bond donors (Lipinski definition) is 3. The fourth-order valence-corrected chi connectivity index (χ4v) is 6.26. The molecule has 3 aromatic rings. The number of imide groups is 1. The van der Waals surface area contributed by atoms with Gasteiger partial charge in [0.1, 0.15) is 5.92 Å². The van der Waals surface area contributed by atoms with Crippen molar-refractivity contribution in [1.82, 2.24) is 15.6 Å². The maximum atomic E-state index is 13.8. The predicted molar refractivity (Wildman–Crippen MR) is 167 cm³/mol. The van der Waals surface area contributed by atoms with Crippen LogP contribution in [0, 0.1) is 29.1 Å². The van der Waals surface area contributed by atoms with E-state index in [1.54, 1.807) is 30.3 Å². The number of nitrogens with two attached hydrogens (primary N) is 1. The number of fused-ring (bicyclic) bond motifs is 1. The standard InChI is InChI=1S/C35H35N5O5/c1-21-31(35(45)40(37)34(21)44)33(43)32(25-7-3-4-8-25)39-30(42)19-28(27-16-15-24-6-2-5-9-26(24)18-27)38-29(41)17-14-22-10-12-23(20-36)13-11-22/h2,5-6,9-18,21,25,28,31-32H,3-4,7-8,19,37H2,1H3,(H,38,41)(H,39,42)/t21-,28?,31+,32-/m0/s1. The zero-order valence-electron chi connectivity index (χ0n) is 24.9. The maximum absolute atomic E-state index is 13.8. The number of hydrogen-bond acceptors (Lipinski definition) is 7. The van der Waals surface area contributed by atoms with E-state index in [0.717, 1.165) is 29.2 Å². The molecule has 1 aliphatic carbocycles. The van der Waals surface area contributed by atoms with E-state index in [1.165, 1.54) is 13.0 Å². The number of Topliss-reactive ketones (excluding diaryl/α,β-unsaturated/α-hetero) is 1. The van der Waals surface area contributed by atoms with Gasteiger partial charge in [-0.05, 0) is 64.9 Å². The summed E-state index contributed by atoms with van der Waals surface area (Å²) in [5, 5.41) is 17.3. The van der Waals surface area contributed by atoms with E-state index in [-0.39, 0.29) is 12.3 Å². The molecule has 4 amide bonds. The topological polar surface area (TPSA) is 162 Å². The van der Waals surface area contributed by atoms with Crippen molar-refractivity contribution < 1.29 is 24.0 Å². The molecule has 2 fully saturated rings. The second kappa shape index (κ2) is 13.7. The first-order chi connectivity index (χ1) is 21.7. The lowest BCUT2D eigenvalue weighted by Gasteiger charge is -2.27. The van der Waals surface area contributed by atoms with Crippen LogP contribution in [-0.2, 0) is 24.0 Å². The molecule has 4 atom stereocenters. The number of amides is 4. The number of nitrogens with zero attached hydrogens (tertiary/aromatic N) is 2. The van der Waals surface area contributed by atoms with Crippen LogP contribution in [-0.4, -0.2) is 40.5 Å². The first-order valence-corrected chi connectivity index (χ1v) is 15.1. The Labute approximate surface area is 261 Å². The number of hydrazine groups is 1. The Morgan fingerprint density at radius 3 is 2.31 bits per heavy atom. The summed E-state index contributed by atoms with van der Waals surface area (Å²) in [7, 11) is 0. The van der Waals surface area contributed by atoms with Gasteiger partial charge in [-0.15, -0.1) is 0 Å². The lowest BCUT2D eigenvalue weighted by molar-refractivity contribution is -0.142. The van der Waals surface area contributed by atoms with Crippen molar-refractivity contribution >= 4 is 46.3 Å². The molecule has 3 aromatic carbocycles. The summed E-state index contributed by atoms with van der Waals surface area (Å²) in [4.78, 5) is 65.6. The van der Waals surface area contributed by atoms with Crippen LogP contribution in [0.3, 0.4) is 0 Å². The molecule has 0 aromatic heterocycles. The smallest absolute Gasteiger partial charge is 0.255 e. The van der Waals surface area contributed by atoms with Crippen molar-refractivity contribution in [3.05, 3.63) is 89.5 Å². The first-order valence-electron chi connectivity index (χ1n) is 15.1. The molecule has 2 aliphatic rings. The van der Waals surface area contributed by atoms with Crippen molar-refractivity contribution in [3.63, 3.8) is 0 Å². The van der Waals surface area contributed by atoms with E-state index in [0.29, 0.717) is 29.0 Å². The third-order valence-corrected chi connectivity index (χ3v) is 8.78. The minimum absolute atomic E-state index is 0.165. The molecule has 1 aliphatic heterocycles. The molecule has 1 saturated carbocycles. The Kier molecular flexibility index (Phi) is 9.50. The highest BCUT2D eigenvalue weighted by Crippen LogP contribution is 2.33. The van der Waals surface area contributed by atoms with Gasteiger partial charge in [0.25, 0.3) is 5.91 Å². The lowest BCUT2D eigenvalue weighted by Crippen LogP contribution is -2.50. The van der Waals surface area contributed by atoms with Crippen LogP contribution >= 0.6 is 0 Å². The second-order valence-corrected chi connectivity index (χ2v) is 11.7. The molecular weight excluding hydrogens is 570 g/mol. The zero-order chi connectivity index (χ0) is 32.1. The van der Waals surface area contributed by atoms with E-state index in [2.05, 4.69) is 16.7 Å². The maximum Gasteiger partial charge on any atom is 0.255 e. The molecule has 230 valence electrons. The Bertz CT molecular complexity index is 1700. The zero-order valence-corrected chi connectivity index (χ0v) is 24.9.